The molecule has 1 saturated heterocycles. The van der Waals surface area contributed by atoms with E-state index in [1.54, 1.807) is 17.6 Å². The lowest BCUT2D eigenvalue weighted by Gasteiger charge is -2.39. The SMILES string of the molecule is CCN1CCN(C(=O)/C=C/c2c(C)[nH]n3c(=O)c(C(=O)NC4CC4)c(O)[n+](CC(C)C)c23)[C@H](C)C1. The molecule has 0 aromatic carbocycles. The normalized spacial score (nSPS) is 19.3. The summed E-state index contributed by atoms with van der Waals surface area (Å²) in [5.74, 6) is -0.877. The maximum Gasteiger partial charge on any atom is 0.378 e. The summed E-state index contributed by atoms with van der Waals surface area (Å²) >= 11 is 0. The van der Waals surface area contributed by atoms with Crippen molar-refractivity contribution >= 4 is 23.5 Å². The van der Waals surface area contributed by atoms with Crippen molar-refractivity contribution in [3.63, 3.8) is 0 Å². The van der Waals surface area contributed by atoms with E-state index in [1.807, 2.05) is 25.7 Å². The number of nitrogens with one attached hydrogen (secondary N) is 2. The molecular formula is C25H37N6O4+. The number of likely N-dealkylation sites (N-methyl/N-ethyl adjacent to an activating group) is 1. The standard InChI is InChI=1S/C25H36N6O4/c1-6-28-11-12-29(16(4)14-28)20(32)10-9-19-17(5)27-31-23(19)30(13-15(2)3)24(34)21(25(31)35)22(33)26-18-7-8-18/h9-10,15-16,18H,6-8,11-14H2,1-5H3,(H2,26,33,34,35)/p+1/b10-9+/t16-/m1/s1. The molecule has 0 bridgehead atoms. The maximum absolute atomic E-state index is 13.3. The van der Waals surface area contributed by atoms with Gasteiger partial charge in [0.2, 0.25) is 11.5 Å². The van der Waals surface area contributed by atoms with E-state index in [9.17, 15) is 19.5 Å². The largest absolute Gasteiger partial charge is 0.477 e. The van der Waals surface area contributed by atoms with E-state index in [0.29, 0.717) is 30.0 Å². The molecule has 0 spiro atoms. The third-order valence-corrected chi connectivity index (χ3v) is 6.81. The molecule has 190 valence electrons. The predicted octanol–water partition coefficient (Wildman–Crippen LogP) is 1.04. The van der Waals surface area contributed by atoms with E-state index in [-0.39, 0.29) is 35.4 Å². The summed E-state index contributed by atoms with van der Waals surface area (Å²) in [6, 6.07) is 0.159. The van der Waals surface area contributed by atoms with Crippen LogP contribution in [-0.2, 0) is 11.3 Å². The minimum atomic E-state index is -0.617. The molecule has 0 unspecified atom stereocenters. The van der Waals surface area contributed by atoms with Crippen molar-refractivity contribution in [1.29, 1.82) is 0 Å². The van der Waals surface area contributed by atoms with Crippen molar-refractivity contribution in [3.8, 4) is 5.88 Å². The molecule has 1 atom stereocenters. The van der Waals surface area contributed by atoms with Crippen LogP contribution in [0.4, 0.5) is 0 Å². The zero-order valence-electron chi connectivity index (χ0n) is 21.3. The van der Waals surface area contributed by atoms with Gasteiger partial charge in [-0.05, 0) is 45.2 Å². The Bertz CT molecular complexity index is 1220. The van der Waals surface area contributed by atoms with Crippen molar-refractivity contribution in [3.05, 3.63) is 33.3 Å². The molecule has 1 aliphatic heterocycles. The number of aromatic amines is 1. The minimum Gasteiger partial charge on any atom is -0.477 e. The molecule has 2 amide bonds. The number of piperazine rings is 1. The van der Waals surface area contributed by atoms with Gasteiger partial charge in [0.25, 0.3) is 5.91 Å². The van der Waals surface area contributed by atoms with Gasteiger partial charge in [0, 0.05) is 37.8 Å². The summed E-state index contributed by atoms with van der Waals surface area (Å²) in [5, 5.41) is 16.9. The van der Waals surface area contributed by atoms with Gasteiger partial charge in [-0.1, -0.05) is 25.3 Å². The predicted molar refractivity (Wildman–Crippen MR) is 132 cm³/mol. The van der Waals surface area contributed by atoms with Crippen molar-refractivity contribution < 1.29 is 19.3 Å². The average molecular weight is 486 g/mol. The molecule has 2 aromatic heterocycles. The number of fused-ring (bicyclic) bond motifs is 1. The fourth-order valence-corrected chi connectivity index (χ4v) is 4.74. The zero-order valence-corrected chi connectivity index (χ0v) is 21.3. The highest BCUT2D eigenvalue weighted by Crippen LogP contribution is 2.22. The van der Waals surface area contributed by atoms with Crippen LogP contribution in [0, 0.1) is 12.8 Å². The zero-order chi connectivity index (χ0) is 25.4. The van der Waals surface area contributed by atoms with Crippen LogP contribution in [0.15, 0.2) is 10.9 Å². The Balaban J connectivity index is 1.74. The topological polar surface area (TPSA) is 114 Å². The van der Waals surface area contributed by atoms with Crippen LogP contribution >= 0.6 is 0 Å². The number of nitrogens with zero attached hydrogens (tertiary/aromatic N) is 4. The Kier molecular flexibility index (Phi) is 7.02. The molecule has 2 fully saturated rings. The molecule has 3 N–H and O–H groups in total. The van der Waals surface area contributed by atoms with Gasteiger partial charge in [-0.25, -0.2) is 9.89 Å². The number of hydrogen-bond acceptors (Lipinski definition) is 5. The maximum atomic E-state index is 13.3. The second-order valence-electron chi connectivity index (χ2n) is 10.2. The van der Waals surface area contributed by atoms with E-state index in [0.717, 1.165) is 32.5 Å². The molecule has 0 radical (unpaired) electrons. The van der Waals surface area contributed by atoms with Gasteiger partial charge >= 0.3 is 17.1 Å². The lowest BCUT2D eigenvalue weighted by molar-refractivity contribution is -0.686. The Morgan fingerprint density at radius 3 is 2.60 bits per heavy atom. The van der Waals surface area contributed by atoms with E-state index in [4.69, 9.17) is 0 Å². The number of amides is 2. The lowest BCUT2D eigenvalue weighted by Crippen LogP contribution is -2.53. The number of aryl methyl sites for hydroxylation is 1. The summed E-state index contributed by atoms with van der Waals surface area (Å²) < 4.78 is 2.89. The van der Waals surface area contributed by atoms with E-state index >= 15 is 0 Å². The molecule has 2 aliphatic rings. The minimum absolute atomic E-state index is 0.0528. The first-order chi connectivity index (χ1) is 16.6. The van der Waals surface area contributed by atoms with Gasteiger partial charge in [-0.2, -0.15) is 4.57 Å². The van der Waals surface area contributed by atoms with Crippen LogP contribution in [0.5, 0.6) is 5.88 Å². The van der Waals surface area contributed by atoms with E-state index < -0.39 is 11.5 Å². The number of carbonyl (C=O) groups is 2. The molecule has 10 heteroatoms. The lowest BCUT2D eigenvalue weighted by atomic mass is 10.1. The van der Waals surface area contributed by atoms with Gasteiger partial charge in [-0.3, -0.25) is 14.5 Å². The van der Waals surface area contributed by atoms with Gasteiger partial charge in [0.05, 0.1) is 17.8 Å². The van der Waals surface area contributed by atoms with Crippen LogP contribution in [0.2, 0.25) is 0 Å². The second-order valence-corrected chi connectivity index (χ2v) is 10.2. The second kappa shape index (κ2) is 9.85. The van der Waals surface area contributed by atoms with Crippen molar-refractivity contribution in [2.45, 2.75) is 66.1 Å². The van der Waals surface area contributed by atoms with Crippen molar-refractivity contribution in [2.75, 3.05) is 26.2 Å². The summed E-state index contributed by atoms with van der Waals surface area (Å²) in [7, 11) is 0. The van der Waals surface area contributed by atoms with Crippen molar-refractivity contribution in [1.82, 2.24) is 24.7 Å². The van der Waals surface area contributed by atoms with Crippen LogP contribution in [0.25, 0.3) is 11.7 Å². The summed E-state index contributed by atoms with van der Waals surface area (Å²) in [4.78, 5) is 43.3. The van der Waals surface area contributed by atoms with Gasteiger partial charge < -0.3 is 15.3 Å². The number of aromatic hydroxyl groups is 1. The van der Waals surface area contributed by atoms with E-state index in [2.05, 4.69) is 22.2 Å². The Hall–Kier alpha value is -3.14. The number of rotatable bonds is 7. The summed E-state index contributed by atoms with van der Waals surface area (Å²) in [6.07, 6.45) is 4.98. The molecule has 2 aromatic rings. The average Bonchev–Trinajstić information content (AvgIpc) is 3.55. The van der Waals surface area contributed by atoms with Crippen LogP contribution in [0.3, 0.4) is 0 Å². The molecule has 3 heterocycles. The fourth-order valence-electron chi connectivity index (χ4n) is 4.74. The number of hydrogen-bond donors (Lipinski definition) is 3. The highest BCUT2D eigenvalue weighted by atomic mass is 16.3. The highest BCUT2D eigenvalue weighted by molar-refractivity contribution is 5.96. The first-order valence-electron chi connectivity index (χ1n) is 12.5. The number of H-pyrrole nitrogens is 1. The third-order valence-electron chi connectivity index (χ3n) is 6.81. The summed E-state index contributed by atoms with van der Waals surface area (Å²) in [6.45, 7) is 13.7. The Morgan fingerprint density at radius 2 is 2.00 bits per heavy atom. The molecule has 1 saturated carbocycles. The van der Waals surface area contributed by atoms with Crippen molar-refractivity contribution in [2.24, 2.45) is 5.92 Å². The number of carbonyl (C=O) groups excluding carboxylic acids is 2. The van der Waals surface area contributed by atoms with Crippen LogP contribution < -0.4 is 15.4 Å². The molecular weight excluding hydrogens is 448 g/mol. The molecule has 1 aliphatic carbocycles. The van der Waals surface area contributed by atoms with Gasteiger partial charge in [-0.15, -0.1) is 0 Å². The smallest absolute Gasteiger partial charge is 0.378 e. The van der Waals surface area contributed by atoms with Crippen LogP contribution in [0.1, 0.15) is 62.2 Å². The molecule has 35 heavy (non-hydrogen) atoms. The highest BCUT2D eigenvalue weighted by Gasteiger charge is 2.35. The van der Waals surface area contributed by atoms with E-state index in [1.165, 1.54) is 10.6 Å². The van der Waals surface area contributed by atoms with Gasteiger partial charge in [0.15, 0.2) is 0 Å². The first-order valence-corrected chi connectivity index (χ1v) is 12.5. The summed E-state index contributed by atoms with van der Waals surface area (Å²) in [5.41, 5.74) is 0.821. The molecule has 10 nitrogen and oxygen atoms in total. The van der Waals surface area contributed by atoms with Crippen LogP contribution in [-0.4, -0.2) is 74.6 Å². The Labute approximate surface area is 205 Å². The number of aromatic nitrogens is 3. The monoisotopic (exact) mass is 485 g/mol. The Morgan fingerprint density at radius 1 is 1.29 bits per heavy atom. The van der Waals surface area contributed by atoms with Gasteiger partial charge in [0.1, 0.15) is 0 Å². The fraction of sp³-hybridized carbons (Fsp3) is 0.600. The first kappa shape index (κ1) is 25.0. The third kappa shape index (κ3) is 4.98. The molecule has 4 rings (SSSR count). The quantitative estimate of drug-likeness (QED) is 0.401.